The molecule has 2 aromatic carbocycles. The number of carbonyl (C=O) groups is 2. The predicted octanol–water partition coefficient (Wildman–Crippen LogP) is 3.36. The second-order valence-electron chi connectivity index (χ2n) is 5.82. The monoisotopic (exact) mass is 342 g/mol. The Labute approximate surface area is 145 Å². The molecule has 25 heavy (non-hydrogen) atoms. The Balaban J connectivity index is 1.72. The zero-order valence-electron chi connectivity index (χ0n) is 13.9. The standard InChI is InChI=1S/C19H19FN2O3/c1-2-10-25-16-8-6-15(7-9-16)22-18(23)12-17(19(22)24)21-14-5-3-4-13(20)11-14/h3-9,11,17,21H,2,10,12H2,1H3/t17-/m1/s1. The van der Waals surface area contributed by atoms with Crippen LogP contribution >= 0.6 is 0 Å². The third-order valence-electron chi connectivity index (χ3n) is 3.88. The van der Waals surface area contributed by atoms with E-state index in [1.807, 2.05) is 6.92 Å². The zero-order chi connectivity index (χ0) is 17.8. The quantitative estimate of drug-likeness (QED) is 0.818. The maximum Gasteiger partial charge on any atom is 0.256 e. The van der Waals surface area contributed by atoms with Crippen molar-refractivity contribution >= 4 is 23.2 Å². The van der Waals surface area contributed by atoms with E-state index in [4.69, 9.17) is 4.74 Å². The lowest BCUT2D eigenvalue weighted by Gasteiger charge is -2.16. The van der Waals surface area contributed by atoms with Gasteiger partial charge in [-0.2, -0.15) is 0 Å². The molecule has 6 heteroatoms. The number of carbonyl (C=O) groups excluding carboxylic acids is 2. The van der Waals surface area contributed by atoms with E-state index < -0.39 is 11.9 Å². The number of imide groups is 1. The van der Waals surface area contributed by atoms with Crippen LogP contribution in [0.2, 0.25) is 0 Å². The highest BCUT2D eigenvalue weighted by Gasteiger charge is 2.39. The molecule has 1 fully saturated rings. The summed E-state index contributed by atoms with van der Waals surface area (Å²) in [6.45, 7) is 2.63. The van der Waals surface area contributed by atoms with Gasteiger partial charge in [0.2, 0.25) is 5.91 Å². The van der Waals surface area contributed by atoms with Crippen molar-refractivity contribution in [2.75, 3.05) is 16.8 Å². The van der Waals surface area contributed by atoms with Crippen LogP contribution in [0.4, 0.5) is 15.8 Å². The first-order valence-corrected chi connectivity index (χ1v) is 8.20. The van der Waals surface area contributed by atoms with Gasteiger partial charge in [0.1, 0.15) is 17.6 Å². The second kappa shape index (κ2) is 7.34. The molecule has 0 aromatic heterocycles. The van der Waals surface area contributed by atoms with Crippen molar-refractivity contribution < 1.29 is 18.7 Å². The number of rotatable bonds is 6. The van der Waals surface area contributed by atoms with Crippen molar-refractivity contribution in [3.63, 3.8) is 0 Å². The van der Waals surface area contributed by atoms with Crippen LogP contribution < -0.4 is 15.0 Å². The maximum absolute atomic E-state index is 13.3. The molecule has 1 aliphatic rings. The van der Waals surface area contributed by atoms with Gasteiger partial charge in [-0.1, -0.05) is 13.0 Å². The van der Waals surface area contributed by atoms with Crippen molar-refractivity contribution in [3.05, 3.63) is 54.3 Å². The highest BCUT2D eigenvalue weighted by molar-refractivity contribution is 6.23. The number of hydrogen-bond acceptors (Lipinski definition) is 4. The van der Waals surface area contributed by atoms with E-state index in [0.29, 0.717) is 23.7 Å². The van der Waals surface area contributed by atoms with Gasteiger partial charge in [-0.05, 0) is 48.9 Å². The summed E-state index contributed by atoms with van der Waals surface area (Å²) in [6, 6.07) is 12.0. The molecule has 1 atom stereocenters. The summed E-state index contributed by atoms with van der Waals surface area (Å²) >= 11 is 0. The molecule has 0 saturated carbocycles. The van der Waals surface area contributed by atoms with Gasteiger partial charge < -0.3 is 10.1 Å². The SMILES string of the molecule is CCCOc1ccc(N2C(=O)C[C@@H](Nc3cccc(F)c3)C2=O)cc1. The lowest BCUT2D eigenvalue weighted by molar-refractivity contribution is -0.121. The van der Waals surface area contributed by atoms with E-state index in [1.54, 1.807) is 36.4 Å². The maximum atomic E-state index is 13.3. The molecule has 0 unspecified atom stereocenters. The first-order chi connectivity index (χ1) is 12.1. The van der Waals surface area contributed by atoms with E-state index in [-0.39, 0.29) is 18.2 Å². The van der Waals surface area contributed by atoms with E-state index in [0.717, 1.165) is 11.3 Å². The third kappa shape index (κ3) is 3.79. The van der Waals surface area contributed by atoms with Crippen LogP contribution in [0.25, 0.3) is 0 Å². The largest absolute Gasteiger partial charge is 0.494 e. The van der Waals surface area contributed by atoms with Gasteiger partial charge >= 0.3 is 0 Å². The van der Waals surface area contributed by atoms with Crippen LogP contribution in [0, 0.1) is 5.82 Å². The van der Waals surface area contributed by atoms with Gasteiger partial charge in [0, 0.05) is 5.69 Å². The summed E-state index contributed by atoms with van der Waals surface area (Å²) in [7, 11) is 0. The highest BCUT2D eigenvalue weighted by Crippen LogP contribution is 2.27. The average Bonchev–Trinajstić information content (AvgIpc) is 2.87. The second-order valence-corrected chi connectivity index (χ2v) is 5.82. The fourth-order valence-electron chi connectivity index (χ4n) is 2.71. The summed E-state index contributed by atoms with van der Waals surface area (Å²) in [6.07, 6.45) is 0.932. The molecule has 1 N–H and O–H groups in total. The van der Waals surface area contributed by atoms with Crippen LogP contribution in [0.15, 0.2) is 48.5 Å². The lowest BCUT2D eigenvalue weighted by atomic mass is 10.2. The van der Waals surface area contributed by atoms with Gasteiger partial charge in [0.15, 0.2) is 0 Å². The smallest absolute Gasteiger partial charge is 0.256 e. The topological polar surface area (TPSA) is 58.6 Å². The number of amides is 2. The zero-order valence-corrected chi connectivity index (χ0v) is 13.9. The van der Waals surface area contributed by atoms with Crippen molar-refractivity contribution in [1.29, 1.82) is 0 Å². The van der Waals surface area contributed by atoms with Crippen molar-refractivity contribution in [2.24, 2.45) is 0 Å². The molecule has 3 rings (SSSR count). The van der Waals surface area contributed by atoms with Crippen molar-refractivity contribution in [3.8, 4) is 5.75 Å². The predicted molar refractivity (Wildman–Crippen MR) is 93.1 cm³/mol. The van der Waals surface area contributed by atoms with E-state index in [9.17, 15) is 14.0 Å². The first kappa shape index (κ1) is 17.0. The average molecular weight is 342 g/mol. The molecule has 0 aliphatic carbocycles. The summed E-state index contributed by atoms with van der Waals surface area (Å²) in [5.74, 6) is -0.349. The highest BCUT2D eigenvalue weighted by atomic mass is 19.1. The fraction of sp³-hybridized carbons (Fsp3) is 0.263. The number of anilines is 2. The Kier molecular flexibility index (Phi) is 4.97. The Morgan fingerprint density at radius 1 is 1.20 bits per heavy atom. The normalized spacial score (nSPS) is 17.0. The minimum Gasteiger partial charge on any atom is -0.494 e. The van der Waals surface area contributed by atoms with Gasteiger partial charge in [-0.15, -0.1) is 0 Å². The van der Waals surface area contributed by atoms with E-state index >= 15 is 0 Å². The number of nitrogens with one attached hydrogen (secondary N) is 1. The Bertz CT molecular complexity index is 776. The van der Waals surface area contributed by atoms with Crippen LogP contribution in [-0.2, 0) is 9.59 Å². The Morgan fingerprint density at radius 2 is 1.96 bits per heavy atom. The van der Waals surface area contributed by atoms with Crippen LogP contribution in [-0.4, -0.2) is 24.5 Å². The molecule has 1 heterocycles. The molecule has 2 aromatic rings. The van der Waals surface area contributed by atoms with E-state index in [2.05, 4.69) is 5.32 Å². The molecule has 1 saturated heterocycles. The van der Waals surface area contributed by atoms with Gasteiger partial charge in [0.05, 0.1) is 18.7 Å². The summed E-state index contributed by atoms with van der Waals surface area (Å²) in [4.78, 5) is 26.0. The molecule has 0 radical (unpaired) electrons. The van der Waals surface area contributed by atoms with Crippen LogP contribution in [0.5, 0.6) is 5.75 Å². The fourth-order valence-corrected chi connectivity index (χ4v) is 2.71. The minimum atomic E-state index is -0.703. The number of ether oxygens (including phenoxy) is 1. The molecular formula is C19H19FN2O3. The number of hydrogen-bond donors (Lipinski definition) is 1. The first-order valence-electron chi connectivity index (χ1n) is 8.20. The Hall–Kier alpha value is -2.89. The molecule has 1 aliphatic heterocycles. The van der Waals surface area contributed by atoms with Gasteiger partial charge in [0.25, 0.3) is 5.91 Å². The lowest BCUT2D eigenvalue weighted by Crippen LogP contribution is -2.34. The van der Waals surface area contributed by atoms with E-state index in [1.165, 1.54) is 12.1 Å². The van der Waals surface area contributed by atoms with Crippen molar-refractivity contribution in [1.82, 2.24) is 0 Å². The van der Waals surface area contributed by atoms with Crippen LogP contribution in [0.1, 0.15) is 19.8 Å². The van der Waals surface area contributed by atoms with Gasteiger partial charge in [-0.3, -0.25) is 9.59 Å². The minimum absolute atomic E-state index is 0.0312. The molecule has 2 amide bonds. The number of benzene rings is 2. The van der Waals surface area contributed by atoms with Gasteiger partial charge in [-0.25, -0.2) is 9.29 Å². The number of nitrogens with zero attached hydrogens (tertiary/aromatic N) is 1. The molecular weight excluding hydrogens is 323 g/mol. The third-order valence-corrected chi connectivity index (χ3v) is 3.88. The number of halogens is 1. The summed E-state index contributed by atoms with van der Waals surface area (Å²) < 4.78 is 18.8. The molecule has 0 spiro atoms. The molecule has 0 bridgehead atoms. The molecule has 130 valence electrons. The van der Waals surface area contributed by atoms with Crippen molar-refractivity contribution in [2.45, 2.75) is 25.8 Å². The summed E-state index contributed by atoms with van der Waals surface area (Å²) in [5.41, 5.74) is 0.971. The Morgan fingerprint density at radius 3 is 2.64 bits per heavy atom. The van der Waals surface area contributed by atoms with Crippen LogP contribution in [0.3, 0.4) is 0 Å². The molecule has 5 nitrogen and oxygen atoms in total. The summed E-state index contributed by atoms with van der Waals surface area (Å²) in [5, 5.41) is 2.92.